The summed E-state index contributed by atoms with van der Waals surface area (Å²) in [6.45, 7) is 3.72. The van der Waals surface area contributed by atoms with E-state index in [1.54, 1.807) is 12.4 Å². The van der Waals surface area contributed by atoms with Gasteiger partial charge in [0.05, 0.1) is 0 Å². The SMILES string of the molecule is Cc1ccncc1C(=O)CC(C)N. The van der Waals surface area contributed by atoms with Crippen molar-refractivity contribution in [3.63, 3.8) is 0 Å². The molecule has 1 aromatic heterocycles. The molecule has 0 bridgehead atoms. The molecular weight excluding hydrogens is 164 g/mol. The first kappa shape index (κ1) is 9.86. The van der Waals surface area contributed by atoms with Crippen molar-refractivity contribution in [3.8, 4) is 0 Å². The van der Waals surface area contributed by atoms with Gasteiger partial charge in [0.1, 0.15) is 0 Å². The molecule has 1 heterocycles. The van der Waals surface area contributed by atoms with Gasteiger partial charge in [-0.25, -0.2) is 0 Å². The fourth-order valence-electron chi connectivity index (χ4n) is 1.16. The summed E-state index contributed by atoms with van der Waals surface area (Å²) in [6.07, 6.45) is 3.66. The number of hydrogen-bond acceptors (Lipinski definition) is 3. The average Bonchev–Trinajstić information content (AvgIpc) is 2.03. The Kier molecular flexibility index (Phi) is 3.14. The molecule has 1 atom stereocenters. The maximum Gasteiger partial charge on any atom is 0.166 e. The Bertz CT molecular complexity index is 308. The Hall–Kier alpha value is -1.22. The van der Waals surface area contributed by atoms with Crippen LogP contribution in [0.3, 0.4) is 0 Å². The zero-order valence-electron chi connectivity index (χ0n) is 7.95. The van der Waals surface area contributed by atoms with Crippen molar-refractivity contribution < 1.29 is 4.79 Å². The average molecular weight is 178 g/mol. The van der Waals surface area contributed by atoms with E-state index < -0.39 is 0 Å². The second-order valence-corrected chi connectivity index (χ2v) is 3.30. The number of nitrogens with zero attached hydrogens (tertiary/aromatic N) is 1. The van der Waals surface area contributed by atoms with Crippen molar-refractivity contribution in [2.24, 2.45) is 5.73 Å². The maximum atomic E-state index is 11.6. The molecule has 2 N–H and O–H groups in total. The van der Waals surface area contributed by atoms with Gasteiger partial charge in [-0.15, -0.1) is 0 Å². The summed E-state index contributed by atoms with van der Waals surface area (Å²) in [5.41, 5.74) is 7.18. The molecule has 0 fully saturated rings. The highest BCUT2D eigenvalue weighted by molar-refractivity contribution is 5.97. The van der Waals surface area contributed by atoms with Crippen LogP contribution in [0.5, 0.6) is 0 Å². The lowest BCUT2D eigenvalue weighted by Crippen LogP contribution is -2.20. The smallest absolute Gasteiger partial charge is 0.166 e. The fraction of sp³-hybridized carbons (Fsp3) is 0.400. The Morgan fingerprint density at radius 2 is 2.38 bits per heavy atom. The molecule has 0 aliphatic heterocycles. The lowest BCUT2D eigenvalue weighted by atomic mass is 10.0. The predicted octanol–water partition coefficient (Wildman–Crippen LogP) is 1.31. The van der Waals surface area contributed by atoms with Crippen molar-refractivity contribution in [1.29, 1.82) is 0 Å². The van der Waals surface area contributed by atoms with Crippen molar-refractivity contribution in [1.82, 2.24) is 4.98 Å². The highest BCUT2D eigenvalue weighted by Gasteiger charge is 2.10. The first-order chi connectivity index (χ1) is 6.11. The Labute approximate surface area is 78.0 Å². The summed E-state index contributed by atoms with van der Waals surface area (Å²) >= 11 is 0. The molecular formula is C10H14N2O. The van der Waals surface area contributed by atoms with Gasteiger partial charge in [0.2, 0.25) is 0 Å². The molecule has 0 amide bonds. The fourth-order valence-corrected chi connectivity index (χ4v) is 1.16. The summed E-state index contributed by atoms with van der Waals surface area (Å²) < 4.78 is 0. The number of hydrogen-bond donors (Lipinski definition) is 1. The van der Waals surface area contributed by atoms with Gasteiger partial charge in [-0.3, -0.25) is 9.78 Å². The third-order valence-electron chi connectivity index (χ3n) is 1.85. The Balaban J connectivity index is 2.83. The van der Waals surface area contributed by atoms with E-state index in [4.69, 9.17) is 5.73 Å². The molecule has 13 heavy (non-hydrogen) atoms. The zero-order valence-corrected chi connectivity index (χ0v) is 7.95. The molecule has 0 saturated heterocycles. The third-order valence-corrected chi connectivity index (χ3v) is 1.85. The molecule has 1 unspecified atom stereocenters. The predicted molar refractivity (Wildman–Crippen MR) is 51.6 cm³/mol. The highest BCUT2D eigenvalue weighted by atomic mass is 16.1. The lowest BCUT2D eigenvalue weighted by Gasteiger charge is -2.05. The quantitative estimate of drug-likeness (QED) is 0.710. The second-order valence-electron chi connectivity index (χ2n) is 3.30. The first-order valence-electron chi connectivity index (χ1n) is 4.30. The van der Waals surface area contributed by atoms with Gasteiger partial charge in [0.25, 0.3) is 0 Å². The van der Waals surface area contributed by atoms with Gasteiger partial charge in [0.15, 0.2) is 5.78 Å². The summed E-state index contributed by atoms with van der Waals surface area (Å²) in [6, 6.07) is 1.74. The van der Waals surface area contributed by atoms with E-state index >= 15 is 0 Å². The molecule has 70 valence electrons. The summed E-state index contributed by atoms with van der Waals surface area (Å²) in [5, 5.41) is 0. The van der Waals surface area contributed by atoms with Crippen LogP contribution in [0.15, 0.2) is 18.5 Å². The highest BCUT2D eigenvalue weighted by Crippen LogP contribution is 2.08. The van der Waals surface area contributed by atoms with E-state index in [2.05, 4.69) is 4.98 Å². The largest absolute Gasteiger partial charge is 0.328 e. The van der Waals surface area contributed by atoms with Crippen LogP contribution in [-0.4, -0.2) is 16.8 Å². The molecule has 3 nitrogen and oxygen atoms in total. The number of pyridine rings is 1. The maximum absolute atomic E-state index is 11.6. The van der Waals surface area contributed by atoms with E-state index in [-0.39, 0.29) is 11.8 Å². The number of carbonyl (C=O) groups excluding carboxylic acids is 1. The van der Waals surface area contributed by atoms with Crippen LogP contribution in [-0.2, 0) is 0 Å². The molecule has 0 aromatic carbocycles. The second kappa shape index (κ2) is 4.14. The molecule has 0 saturated carbocycles. The molecule has 0 aliphatic carbocycles. The zero-order chi connectivity index (χ0) is 9.84. The van der Waals surface area contributed by atoms with Crippen molar-refractivity contribution >= 4 is 5.78 Å². The molecule has 0 aliphatic rings. The van der Waals surface area contributed by atoms with Gasteiger partial charge < -0.3 is 5.73 Å². The molecule has 1 rings (SSSR count). The normalized spacial score (nSPS) is 12.5. The molecule has 1 aromatic rings. The minimum absolute atomic E-state index is 0.0700. The third kappa shape index (κ3) is 2.63. The van der Waals surface area contributed by atoms with Gasteiger partial charge in [0, 0.05) is 30.4 Å². The first-order valence-corrected chi connectivity index (χ1v) is 4.30. The van der Waals surface area contributed by atoms with Crippen LogP contribution >= 0.6 is 0 Å². The van der Waals surface area contributed by atoms with Crippen LogP contribution in [0.2, 0.25) is 0 Å². The number of aryl methyl sites for hydroxylation is 1. The molecule has 3 heteroatoms. The van der Waals surface area contributed by atoms with Crippen LogP contribution in [0.25, 0.3) is 0 Å². The van der Waals surface area contributed by atoms with E-state index in [0.717, 1.165) is 5.56 Å². The van der Waals surface area contributed by atoms with E-state index in [9.17, 15) is 4.79 Å². The van der Waals surface area contributed by atoms with Crippen LogP contribution in [0.4, 0.5) is 0 Å². The Morgan fingerprint density at radius 1 is 1.69 bits per heavy atom. The standard InChI is InChI=1S/C10H14N2O/c1-7-3-4-12-6-9(7)10(13)5-8(2)11/h3-4,6,8H,5,11H2,1-2H3. The minimum atomic E-state index is -0.0906. The van der Waals surface area contributed by atoms with Gasteiger partial charge in [-0.05, 0) is 25.5 Å². The monoisotopic (exact) mass is 178 g/mol. The number of ketones is 1. The van der Waals surface area contributed by atoms with Gasteiger partial charge >= 0.3 is 0 Å². The number of Topliss-reactive ketones (excluding diaryl/α,β-unsaturated/α-hetero) is 1. The molecule has 0 spiro atoms. The van der Waals surface area contributed by atoms with Crippen LogP contribution < -0.4 is 5.73 Å². The van der Waals surface area contributed by atoms with Crippen molar-refractivity contribution in [3.05, 3.63) is 29.6 Å². The van der Waals surface area contributed by atoms with Gasteiger partial charge in [-0.1, -0.05) is 0 Å². The number of nitrogens with two attached hydrogens (primary N) is 1. The van der Waals surface area contributed by atoms with E-state index in [0.29, 0.717) is 12.0 Å². The number of aromatic nitrogens is 1. The summed E-state index contributed by atoms with van der Waals surface area (Å²) in [4.78, 5) is 15.5. The van der Waals surface area contributed by atoms with E-state index in [1.165, 1.54) is 0 Å². The summed E-state index contributed by atoms with van der Waals surface area (Å²) in [7, 11) is 0. The van der Waals surface area contributed by atoms with Crippen LogP contribution in [0, 0.1) is 6.92 Å². The van der Waals surface area contributed by atoms with Crippen molar-refractivity contribution in [2.45, 2.75) is 26.3 Å². The van der Waals surface area contributed by atoms with Crippen molar-refractivity contribution in [2.75, 3.05) is 0 Å². The van der Waals surface area contributed by atoms with Gasteiger partial charge in [-0.2, -0.15) is 0 Å². The minimum Gasteiger partial charge on any atom is -0.328 e. The summed E-state index contributed by atoms with van der Waals surface area (Å²) in [5.74, 6) is 0.0700. The number of carbonyl (C=O) groups is 1. The number of rotatable bonds is 3. The van der Waals surface area contributed by atoms with Crippen LogP contribution in [0.1, 0.15) is 29.3 Å². The topological polar surface area (TPSA) is 56.0 Å². The Morgan fingerprint density at radius 3 is 2.92 bits per heavy atom. The molecule has 0 radical (unpaired) electrons. The lowest BCUT2D eigenvalue weighted by molar-refractivity contribution is 0.0975. The van der Waals surface area contributed by atoms with E-state index in [1.807, 2.05) is 19.9 Å².